The van der Waals surface area contributed by atoms with Crippen LogP contribution in [-0.2, 0) is 12.8 Å². The molecule has 0 aromatic heterocycles. The van der Waals surface area contributed by atoms with Crippen molar-refractivity contribution in [3.8, 4) is 11.5 Å². The van der Waals surface area contributed by atoms with Crippen molar-refractivity contribution in [2.45, 2.75) is 12.8 Å². The summed E-state index contributed by atoms with van der Waals surface area (Å²) in [5, 5.41) is 20.8. The SMILES string of the molecule is C=CCc1ccc2c(c1O)C(=O)c1c(ccc(CC=C)c1O)C2=O. The molecule has 4 nitrogen and oxygen atoms in total. The lowest BCUT2D eigenvalue weighted by Crippen LogP contribution is -2.22. The molecule has 0 bridgehead atoms. The Bertz CT molecular complexity index is 835. The van der Waals surface area contributed by atoms with Gasteiger partial charge in [0.05, 0.1) is 11.1 Å². The van der Waals surface area contributed by atoms with E-state index >= 15 is 0 Å². The third kappa shape index (κ3) is 2.15. The summed E-state index contributed by atoms with van der Waals surface area (Å²) in [6.07, 6.45) is 3.94. The van der Waals surface area contributed by atoms with E-state index in [1.165, 1.54) is 12.1 Å². The van der Waals surface area contributed by atoms with Crippen LogP contribution in [0.25, 0.3) is 0 Å². The predicted octanol–water partition coefficient (Wildman–Crippen LogP) is 3.33. The second-order valence-electron chi connectivity index (χ2n) is 5.64. The Morgan fingerprint density at radius 3 is 1.54 bits per heavy atom. The minimum atomic E-state index is -0.550. The lowest BCUT2D eigenvalue weighted by molar-refractivity contribution is 0.0974. The zero-order valence-electron chi connectivity index (χ0n) is 13.0. The highest BCUT2D eigenvalue weighted by atomic mass is 16.3. The van der Waals surface area contributed by atoms with Crippen LogP contribution in [0.1, 0.15) is 43.0 Å². The number of phenols is 2. The molecule has 3 rings (SSSR count). The van der Waals surface area contributed by atoms with Gasteiger partial charge in [0.2, 0.25) is 5.78 Å². The molecule has 2 N–H and O–H groups in total. The zero-order chi connectivity index (χ0) is 17.4. The number of hydrogen-bond acceptors (Lipinski definition) is 4. The van der Waals surface area contributed by atoms with Crippen LogP contribution < -0.4 is 0 Å². The van der Waals surface area contributed by atoms with Crippen molar-refractivity contribution in [1.29, 1.82) is 0 Å². The number of fused-ring (bicyclic) bond motifs is 2. The van der Waals surface area contributed by atoms with Crippen LogP contribution >= 0.6 is 0 Å². The second kappa shape index (κ2) is 5.81. The molecule has 0 heterocycles. The smallest absolute Gasteiger partial charge is 0.201 e. The molecular formula is C20H16O4. The van der Waals surface area contributed by atoms with Gasteiger partial charge in [-0.15, -0.1) is 13.2 Å². The van der Waals surface area contributed by atoms with Gasteiger partial charge in [0.1, 0.15) is 11.5 Å². The molecule has 2 aromatic carbocycles. The molecule has 0 atom stereocenters. The monoisotopic (exact) mass is 320 g/mol. The number of rotatable bonds is 4. The van der Waals surface area contributed by atoms with Gasteiger partial charge in [0.15, 0.2) is 5.78 Å². The first kappa shape index (κ1) is 15.7. The van der Waals surface area contributed by atoms with Gasteiger partial charge < -0.3 is 10.2 Å². The molecule has 0 fully saturated rings. The van der Waals surface area contributed by atoms with E-state index in [0.29, 0.717) is 24.0 Å². The van der Waals surface area contributed by atoms with Gasteiger partial charge >= 0.3 is 0 Å². The summed E-state index contributed by atoms with van der Waals surface area (Å²) in [5.74, 6) is -1.40. The topological polar surface area (TPSA) is 74.6 Å². The number of ketones is 2. The molecule has 0 unspecified atom stereocenters. The largest absolute Gasteiger partial charge is 0.507 e. The normalized spacial score (nSPS) is 12.5. The Kier molecular flexibility index (Phi) is 3.81. The van der Waals surface area contributed by atoms with Gasteiger partial charge in [0, 0.05) is 11.1 Å². The predicted molar refractivity (Wildman–Crippen MR) is 90.9 cm³/mol. The first-order valence-electron chi connectivity index (χ1n) is 7.52. The van der Waals surface area contributed by atoms with Gasteiger partial charge in [-0.05, 0) is 36.1 Å². The fourth-order valence-corrected chi connectivity index (χ4v) is 3.02. The Morgan fingerprint density at radius 1 is 0.750 bits per heavy atom. The number of carbonyl (C=O) groups excluding carboxylic acids is 2. The average Bonchev–Trinajstić information content (AvgIpc) is 2.56. The zero-order valence-corrected chi connectivity index (χ0v) is 13.0. The molecule has 0 saturated heterocycles. The van der Waals surface area contributed by atoms with Crippen molar-refractivity contribution in [3.05, 3.63) is 83.0 Å². The Labute approximate surface area is 139 Å². The van der Waals surface area contributed by atoms with Crippen LogP contribution in [0.2, 0.25) is 0 Å². The number of benzene rings is 2. The van der Waals surface area contributed by atoms with Crippen LogP contribution in [0.4, 0.5) is 0 Å². The molecule has 0 saturated carbocycles. The van der Waals surface area contributed by atoms with Crippen molar-refractivity contribution in [1.82, 2.24) is 0 Å². The molecular weight excluding hydrogens is 304 g/mol. The summed E-state index contributed by atoms with van der Waals surface area (Å²) in [5.41, 5.74) is 1.20. The van der Waals surface area contributed by atoms with Crippen LogP contribution in [0.3, 0.4) is 0 Å². The van der Waals surface area contributed by atoms with E-state index in [9.17, 15) is 19.8 Å². The molecule has 0 spiro atoms. The molecule has 0 aliphatic heterocycles. The van der Waals surface area contributed by atoms with Crippen LogP contribution in [0.5, 0.6) is 11.5 Å². The summed E-state index contributed by atoms with van der Waals surface area (Å²) in [4.78, 5) is 25.6. The maximum absolute atomic E-state index is 12.9. The molecule has 2 aromatic rings. The third-order valence-electron chi connectivity index (χ3n) is 4.19. The number of phenolic OH excluding ortho intramolecular Hbond substituents is 2. The summed E-state index contributed by atoms with van der Waals surface area (Å²) in [6, 6.07) is 6.29. The first-order valence-corrected chi connectivity index (χ1v) is 7.52. The van der Waals surface area contributed by atoms with Crippen LogP contribution in [-0.4, -0.2) is 21.8 Å². The molecule has 24 heavy (non-hydrogen) atoms. The summed E-state index contributed by atoms with van der Waals surface area (Å²) in [6.45, 7) is 7.23. The highest BCUT2D eigenvalue weighted by molar-refractivity contribution is 6.30. The van der Waals surface area contributed by atoms with Crippen molar-refractivity contribution in [2.24, 2.45) is 0 Å². The average molecular weight is 320 g/mol. The first-order chi connectivity index (χ1) is 11.5. The van der Waals surface area contributed by atoms with E-state index in [1.54, 1.807) is 24.3 Å². The fraction of sp³-hybridized carbons (Fsp3) is 0.100. The maximum Gasteiger partial charge on any atom is 0.201 e. The van der Waals surface area contributed by atoms with Gasteiger partial charge in [-0.3, -0.25) is 9.59 Å². The molecule has 1 aliphatic carbocycles. The van der Waals surface area contributed by atoms with Gasteiger partial charge in [-0.1, -0.05) is 24.3 Å². The minimum absolute atomic E-state index is 0.0575. The molecule has 0 amide bonds. The lowest BCUT2D eigenvalue weighted by atomic mass is 9.81. The van der Waals surface area contributed by atoms with Crippen molar-refractivity contribution >= 4 is 11.6 Å². The van der Waals surface area contributed by atoms with Crippen molar-refractivity contribution < 1.29 is 19.8 Å². The van der Waals surface area contributed by atoms with E-state index in [4.69, 9.17) is 0 Å². The van der Waals surface area contributed by atoms with Crippen molar-refractivity contribution in [2.75, 3.05) is 0 Å². The van der Waals surface area contributed by atoms with Crippen molar-refractivity contribution in [3.63, 3.8) is 0 Å². The Morgan fingerprint density at radius 2 is 1.17 bits per heavy atom. The minimum Gasteiger partial charge on any atom is -0.507 e. The van der Waals surface area contributed by atoms with E-state index in [1.807, 2.05) is 0 Å². The highest BCUT2D eigenvalue weighted by Gasteiger charge is 2.35. The Balaban J connectivity index is 2.27. The molecule has 0 radical (unpaired) electrons. The molecule has 1 aliphatic rings. The summed E-state index contributed by atoms with van der Waals surface area (Å²) >= 11 is 0. The van der Waals surface area contributed by atoms with E-state index in [-0.39, 0.29) is 39.5 Å². The molecule has 120 valence electrons. The second-order valence-corrected chi connectivity index (χ2v) is 5.64. The number of allylic oxidation sites excluding steroid dienone is 2. The van der Waals surface area contributed by atoms with Crippen LogP contribution in [0, 0.1) is 0 Å². The maximum atomic E-state index is 12.9. The number of hydrogen-bond donors (Lipinski definition) is 2. The molecule has 4 heteroatoms. The number of carbonyl (C=O) groups is 2. The summed E-state index contributed by atoms with van der Waals surface area (Å²) in [7, 11) is 0. The fourth-order valence-electron chi connectivity index (χ4n) is 3.02. The van der Waals surface area contributed by atoms with E-state index in [0.717, 1.165) is 0 Å². The third-order valence-corrected chi connectivity index (χ3v) is 4.19. The Hall–Kier alpha value is -3.14. The lowest BCUT2D eigenvalue weighted by Gasteiger charge is -2.21. The van der Waals surface area contributed by atoms with Crippen LogP contribution in [0.15, 0.2) is 49.6 Å². The quantitative estimate of drug-likeness (QED) is 0.723. The number of aromatic hydroxyl groups is 2. The van der Waals surface area contributed by atoms with Gasteiger partial charge in [-0.25, -0.2) is 0 Å². The summed E-state index contributed by atoms with van der Waals surface area (Å²) < 4.78 is 0. The van der Waals surface area contributed by atoms with E-state index < -0.39 is 5.78 Å². The van der Waals surface area contributed by atoms with Gasteiger partial charge in [-0.2, -0.15) is 0 Å². The standard InChI is InChI=1S/C20H16O4/c1-3-5-11-7-9-13-15(17(11)21)20(24)16-14(19(13)23)10-8-12(6-4-2)18(16)22/h3-4,7-10,21-22H,1-2,5-6H2. The van der Waals surface area contributed by atoms with Gasteiger partial charge in [0.25, 0.3) is 0 Å². The highest BCUT2D eigenvalue weighted by Crippen LogP contribution is 2.39. The van der Waals surface area contributed by atoms with E-state index in [2.05, 4.69) is 13.2 Å².